The van der Waals surface area contributed by atoms with Gasteiger partial charge in [0.15, 0.2) is 0 Å². The van der Waals surface area contributed by atoms with Crippen LogP contribution in [-0.4, -0.2) is 39.1 Å². The molecule has 0 saturated carbocycles. The van der Waals surface area contributed by atoms with E-state index in [0.29, 0.717) is 12.2 Å². The first kappa shape index (κ1) is 14.6. The second-order valence-corrected chi connectivity index (χ2v) is 4.20. The summed E-state index contributed by atoms with van der Waals surface area (Å²) in [5, 5.41) is 24.1. The Kier molecular flexibility index (Phi) is 5.73. The minimum Gasteiger partial charge on any atom is -0.389 e. The van der Waals surface area contributed by atoms with E-state index in [-0.39, 0.29) is 19.0 Å². The third kappa shape index (κ3) is 4.42. The molecular weight excluding hydrogens is 238 g/mol. The normalized spacial score (nSPS) is 12.6. The Balaban J connectivity index is 2.42. The molecule has 0 spiro atoms. The Morgan fingerprint density at radius 2 is 2.39 bits per heavy atom. The molecule has 1 rings (SSSR count). The van der Waals surface area contributed by atoms with E-state index in [1.165, 1.54) is 4.68 Å². The molecule has 0 amide bonds. The number of hydrogen-bond donors (Lipinski definition) is 1. The maximum absolute atomic E-state index is 10.6. The standard InChI is InChI=1S/C11H19N3O4/c1-3-4-5-18-8-10(15)7-13-6-9(2)11(12-13)14(16)17/h6,10,15H,3-5,7-8H2,1-2H3. The zero-order valence-corrected chi connectivity index (χ0v) is 10.7. The molecule has 1 unspecified atom stereocenters. The van der Waals surface area contributed by atoms with Gasteiger partial charge in [-0.1, -0.05) is 13.3 Å². The molecule has 0 bridgehead atoms. The second-order valence-electron chi connectivity index (χ2n) is 4.20. The first-order valence-corrected chi connectivity index (χ1v) is 5.98. The first-order chi connectivity index (χ1) is 8.54. The summed E-state index contributed by atoms with van der Waals surface area (Å²) in [7, 11) is 0. The number of nitrogens with zero attached hydrogens (tertiary/aromatic N) is 3. The lowest BCUT2D eigenvalue weighted by molar-refractivity contribution is -0.390. The number of nitro groups is 1. The SMILES string of the molecule is CCCCOCC(O)Cn1cc(C)c([N+](=O)[O-])n1. The molecule has 1 atom stereocenters. The van der Waals surface area contributed by atoms with Crippen LogP contribution in [0.5, 0.6) is 0 Å². The largest absolute Gasteiger partial charge is 0.392 e. The molecule has 18 heavy (non-hydrogen) atoms. The van der Waals surface area contributed by atoms with E-state index in [9.17, 15) is 15.2 Å². The van der Waals surface area contributed by atoms with Gasteiger partial charge in [0.25, 0.3) is 0 Å². The third-order valence-electron chi connectivity index (χ3n) is 2.44. The number of ether oxygens (including phenoxy) is 1. The number of hydrogen-bond acceptors (Lipinski definition) is 5. The van der Waals surface area contributed by atoms with E-state index in [2.05, 4.69) is 12.0 Å². The summed E-state index contributed by atoms with van der Waals surface area (Å²) in [5.74, 6) is -0.172. The van der Waals surface area contributed by atoms with Crippen molar-refractivity contribution in [3.8, 4) is 0 Å². The van der Waals surface area contributed by atoms with Crippen molar-refractivity contribution >= 4 is 5.82 Å². The van der Waals surface area contributed by atoms with Crippen LogP contribution in [0.4, 0.5) is 5.82 Å². The van der Waals surface area contributed by atoms with Crippen LogP contribution in [0.1, 0.15) is 25.3 Å². The molecular formula is C11H19N3O4. The Hall–Kier alpha value is -1.47. The highest BCUT2D eigenvalue weighted by Gasteiger charge is 2.18. The van der Waals surface area contributed by atoms with Gasteiger partial charge in [0.05, 0.1) is 36.1 Å². The predicted octanol–water partition coefficient (Wildman–Crippen LogP) is 1.28. The fourth-order valence-corrected chi connectivity index (χ4v) is 1.52. The number of aryl methyl sites for hydroxylation is 1. The molecule has 0 radical (unpaired) electrons. The van der Waals surface area contributed by atoms with Crippen LogP contribution in [0.3, 0.4) is 0 Å². The number of aliphatic hydroxyl groups is 1. The van der Waals surface area contributed by atoms with E-state index < -0.39 is 11.0 Å². The maximum Gasteiger partial charge on any atom is 0.392 e. The van der Waals surface area contributed by atoms with Crippen LogP contribution in [0.2, 0.25) is 0 Å². The molecule has 7 nitrogen and oxygen atoms in total. The van der Waals surface area contributed by atoms with Crippen molar-refractivity contribution in [1.29, 1.82) is 0 Å². The van der Waals surface area contributed by atoms with Gasteiger partial charge in [-0.2, -0.15) is 4.68 Å². The number of aromatic nitrogens is 2. The molecule has 0 aliphatic carbocycles. The van der Waals surface area contributed by atoms with Gasteiger partial charge in [-0.25, -0.2) is 0 Å². The smallest absolute Gasteiger partial charge is 0.389 e. The summed E-state index contributed by atoms with van der Waals surface area (Å²) in [6, 6.07) is 0. The van der Waals surface area contributed by atoms with Crippen LogP contribution < -0.4 is 0 Å². The lowest BCUT2D eigenvalue weighted by Crippen LogP contribution is -2.22. The van der Waals surface area contributed by atoms with E-state index in [0.717, 1.165) is 12.8 Å². The van der Waals surface area contributed by atoms with Gasteiger partial charge in [-0.05, 0) is 18.3 Å². The lowest BCUT2D eigenvalue weighted by atomic mass is 10.3. The zero-order valence-electron chi connectivity index (χ0n) is 10.7. The van der Waals surface area contributed by atoms with E-state index in [1.54, 1.807) is 13.1 Å². The van der Waals surface area contributed by atoms with Crippen LogP contribution in [-0.2, 0) is 11.3 Å². The van der Waals surface area contributed by atoms with E-state index in [1.807, 2.05) is 0 Å². The van der Waals surface area contributed by atoms with Gasteiger partial charge >= 0.3 is 5.82 Å². The molecule has 0 aliphatic rings. The van der Waals surface area contributed by atoms with E-state index in [4.69, 9.17) is 4.74 Å². The molecule has 0 saturated heterocycles. The Bertz CT molecular complexity index is 392. The Labute approximate surface area is 106 Å². The van der Waals surface area contributed by atoms with Gasteiger partial charge in [-0.3, -0.25) is 0 Å². The van der Waals surface area contributed by atoms with Crippen molar-refractivity contribution in [3.05, 3.63) is 21.9 Å². The second kappa shape index (κ2) is 7.07. The quantitative estimate of drug-likeness (QED) is 0.430. The molecule has 0 aliphatic heterocycles. The monoisotopic (exact) mass is 257 g/mol. The number of aliphatic hydroxyl groups excluding tert-OH is 1. The van der Waals surface area contributed by atoms with Crippen molar-refractivity contribution in [2.45, 2.75) is 39.3 Å². The fraction of sp³-hybridized carbons (Fsp3) is 0.727. The van der Waals surface area contributed by atoms with Gasteiger partial charge in [0.1, 0.15) is 0 Å². The first-order valence-electron chi connectivity index (χ1n) is 5.98. The van der Waals surface area contributed by atoms with Gasteiger partial charge in [0.2, 0.25) is 0 Å². The average Bonchev–Trinajstić information content (AvgIpc) is 2.66. The highest BCUT2D eigenvalue weighted by Crippen LogP contribution is 2.14. The highest BCUT2D eigenvalue weighted by atomic mass is 16.6. The Morgan fingerprint density at radius 1 is 1.67 bits per heavy atom. The van der Waals surface area contributed by atoms with Crippen molar-refractivity contribution in [2.75, 3.05) is 13.2 Å². The van der Waals surface area contributed by atoms with Crippen molar-refractivity contribution in [1.82, 2.24) is 9.78 Å². The van der Waals surface area contributed by atoms with Crippen LogP contribution in [0.25, 0.3) is 0 Å². The molecule has 0 aromatic carbocycles. The van der Waals surface area contributed by atoms with Gasteiger partial charge in [-0.15, -0.1) is 0 Å². The molecule has 102 valence electrons. The summed E-state index contributed by atoms with van der Waals surface area (Å²) < 4.78 is 6.64. The molecule has 0 fully saturated rings. The summed E-state index contributed by atoms with van der Waals surface area (Å²) in [5.41, 5.74) is 0.485. The van der Waals surface area contributed by atoms with E-state index >= 15 is 0 Å². The lowest BCUT2D eigenvalue weighted by Gasteiger charge is -2.09. The molecule has 1 heterocycles. The van der Waals surface area contributed by atoms with Crippen molar-refractivity contribution in [3.63, 3.8) is 0 Å². The summed E-state index contributed by atoms with van der Waals surface area (Å²) in [6.45, 7) is 4.70. The van der Waals surface area contributed by atoms with Crippen molar-refractivity contribution < 1.29 is 14.8 Å². The minimum atomic E-state index is -0.708. The van der Waals surface area contributed by atoms with Gasteiger partial charge in [0, 0.05) is 6.61 Å². The molecule has 1 N–H and O–H groups in total. The zero-order chi connectivity index (χ0) is 13.5. The van der Waals surface area contributed by atoms with Crippen LogP contribution in [0.15, 0.2) is 6.20 Å². The molecule has 1 aromatic rings. The fourth-order valence-electron chi connectivity index (χ4n) is 1.52. The predicted molar refractivity (Wildman–Crippen MR) is 65.4 cm³/mol. The summed E-state index contributed by atoms with van der Waals surface area (Å²) in [6.07, 6.45) is 2.84. The third-order valence-corrected chi connectivity index (χ3v) is 2.44. The summed E-state index contributed by atoms with van der Waals surface area (Å²) in [4.78, 5) is 10.1. The molecule has 7 heteroatoms. The van der Waals surface area contributed by atoms with Crippen LogP contribution in [0, 0.1) is 17.0 Å². The highest BCUT2D eigenvalue weighted by molar-refractivity contribution is 5.27. The van der Waals surface area contributed by atoms with Crippen LogP contribution >= 0.6 is 0 Å². The van der Waals surface area contributed by atoms with Gasteiger partial charge < -0.3 is 20.0 Å². The Morgan fingerprint density at radius 3 is 2.94 bits per heavy atom. The number of rotatable bonds is 8. The minimum absolute atomic E-state index is 0.172. The number of unbranched alkanes of at least 4 members (excludes halogenated alkanes) is 1. The maximum atomic E-state index is 10.6. The topological polar surface area (TPSA) is 90.4 Å². The average molecular weight is 257 g/mol. The molecule has 1 aromatic heterocycles. The summed E-state index contributed by atoms with van der Waals surface area (Å²) >= 11 is 0. The van der Waals surface area contributed by atoms with Crippen molar-refractivity contribution in [2.24, 2.45) is 0 Å².